The van der Waals surface area contributed by atoms with Gasteiger partial charge in [-0.15, -0.1) is 0 Å². The number of anilines is 1. The first-order valence-corrected chi connectivity index (χ1v) is 8.05. The summed E-state index contributed by atoms with van der Waals surface area (Å²) in [6.07, 6.45) is 1.64. The molecule has 2 aromatic carbocycles. The highest BCUT2D eigenvalue weighted by atomic mass is 19.2. The zero-order valence-electron chi connectivity index (χ0n) is 13.4. The number of carbonyl (C=O) groups excluding carboxylic acids is 1. The Morgan fingerprint density at radius 1 is 1.04 bits per heavy atom. The third kappa shape index (κ3) is 2.71. The number of benzene rings is 2. The van der Waals surface area contributed by atoms with Crippen LogP contribution in [0.15, 0.2) is 42.6 Å². The second-order valence-corrected chi connectivity index (χ2v) is 5.99. The van der Waals surface area contributed by atoms with Crippen LogP contribution in [0.5, 0.6) is 0 Å². The van der Waals surface area contributed by atoms with Gasteiger partial charge < -0.3 is 9.80 Å². The Bertz CT molecular complexity index is 932. The van der Waals surface area contributed by atoms with Crippen molar-refractivity contribution in [1.29, 1.82) is 0 Å². The van der Waals surface area contributed by atoms with Gasteiger partial charge >= 0.3 is 0 Å². The maximum absolute atomic E-state index is 13.9. The summed E-state index contributed by atoms with van der Waals surface area (Å²) in [5.41, 5.74) is 1.65. The number of aromatic nitrogens is 2. The molecule has 1 aliphatic heterocycles. The zero-order valence-corrected chi connectivity index (χ0v) is 13.4. The van der Waals surface area contributed by atoms with Gasteiger partial charge in [0, 0.05) is 31.6 Å². The predicted molar refractivity (Wildman–Crippen MR) is 90.6 cm³/mol. The van der Waals surface area contributed by atoms with Crippen LogP contribution in [-0.2, 0) is 0 Å². The summed E-state index contributed by atoms with van der Waals surface area (Å²) in [5, 5.41) is 7.61. The first-order valence-electron chi connectivity index (χ1n) is 8.05. The minimum Gasteiger partial charge on any atom is -0.366 e. The van der Waals surface area contributed by atoms with Gasteiger partial charge in [-0.05, 0) is 24.3 Å². The van der Waals surface area contributed by atoms with Crippen molar-refractivity contribution in [1.82, 2.24) is 15.1 Å². The van der Waals surface area contributed by atoms with Crippen molar-refractivity contribution in [3.05, 3.63) is 59.8 Å². The summed E-state index contributed by atoms with van der Waals surface area (Å²) in [7, 11) is 0. The highest BCUT2D eigenvalue weighted by Gasteiger charge is 2.25. The lowest BCUT2D eigenvalue weighted by atomic mass is 10.1. The number of piperazine rings is 1. The Hall–Kier alpha value is -2.96. The molecule has 3 aromatic rings. The summed E-state index contributed by atoms with van der Waals surface area (Å²) < 4.78 is 27.3. The summed E-state index contributed by atoms with van der Waals surface area (Å²) in [4.78, 5) is 16.3. The van der Waals surface area contributed by atoms with Crippen LogP contribution in [0.1, 0.15) is 10.4 Å². The summed E-state index contributed by atoms with van der Waals surface area (Å²) in [6, 6.07) is 9.60. The smallest absolute Gasteiger partial charge is 0.254 e. The number of hydrogen-bond acceptors (Lipinski definition) is 3. The van der Waals surface area contributed by atoms with Crippen LogP contribution in [-0.4, -0.2) is 47.2 Å². The normalized spacial score (nSPS) is 15.0. The van der Waals surface area contributed by atoms with Crippen LogP contribution in [0.4, 0.5) is 14.5 Å². The highest BCUT2D eigenvalue weighted by molar-refractivity contribution is 6.06. The van der Waals surface area contributed by atoms with Crippen molar-refractivity contribution in [2.75, 3.05) is 31.1 Å². The monoisotopic (exact) mass is 342 g/mol. The fourth-order valence-electron chi connectivity index (χ4n) is 3.21. The summed E-state index contributed by atoms with van der Waals surface area (Å²) in [6.45, 7) is 1.80. The van der Waals surface area contributed by atoms with E-state index in [0.717, 1.165) is 17.0 Å². The number of halogens is 2. The molecule has 0 atom stereocenters. The van der Waals surface area contributed by atoms with Crippen molar-refractivity contribution < 1.29 is 13.6 Å². The number of rotatable bonds is 2. The molecule has 1 N–H and O–H groups in total. The quantitative estimate of drug-likeness (QED) is 0.779. The lowest BCUT2D eigenvalue weighted by Gasteiger charge is -2.36. The molecule has 0 unspecified atom stereocenters. The number of fused-ring (bicyclic) bond motifs is 1. The number of carbonyl (C=O) groups is 1. The van der Waals surface area contributed by atoms with Crippen LogP contribution in [0.3, 0.4) is 0 Å². The van der Waals surface area contributed by atoms with Gasteiger partial charge in [-0.25, -0.2) is 8.78 Å². The Morgan fingerprint density at radius 2 is 1.80 bits per heavy atom. The summed E-state index contributed by atoms with van der Waals surface area (Å²) >= 11 is 0. The van der Waals surface area contributed by atoms with Crippen LogP contribution in [0.25, 0.3) is 10.9 Å². The van der Waals surface area contributed by atoms with E-state index >= 15 is 0 Å². The van der Waals surface area contributed by atoms with E-state index in [1.807, 2.05) is 12.1 Å². The predicted octanol–water partition coefficient (Wildman–Crippen LogP) is 2.80. The maximum atomic E-state index is 13.9. The number of amides is 1. The van der Waals surface area contributed by atoms with Gasteiger partial charge in [-0.3, -0.25) is 9.89 Å². The van der Waals surface area contributed by atoms with E-state index in [1.54, 1.807) is 28.1 Å². The van der Waals surface area contributed by atoms with Gasteiger partial charge in [0.25, 0.3) is 5.91 Å². The second kappa shape index (κ2) is 6.16. The average molecular weight is 342 g/mol. The second-order valence-electron chi connectivity index (χ2n) is 5.99. The first-order chi connectivity index (χ1) is 12.1. The van der Waals surface area contributed by atoms with E-state index in [2.05, 4.69) is 10.2 Å². The zero-order chi connectivity index (χ0) is 17.4. The average Bonchev–Trinajstić information content (AvgIpc) is 3.12. The molecule has 5 nitrogen and oxygen atoms in total. The topological polar surface area (TPSA) is 52.2 Å². The molecule has 2 heterocycles. The Labute approximate surface area is 142 Å². The minimum atomic E-state index is -0.859. The Morgan fingerprint density at radius 3 is 2.60 bits per heavy atom. The Kier molecular flexibility index (Phi) is 3.83. The van der Waals surface area contributed by atoms with Gasteiger partial charge in [0.15, 0.2) is 11.6 Å². The first kappa shape index (κ1) is 15.6. The molecule has 0 aliphatic carbocycles. The molecule has 128 valence electrons. The van der Waals surface area contributed by atoms with E-state index in [1.165, 1.54) is 6.07 Å². The van der Waals surface area contributed by atoms with E-state index in [9.17, 15) is 13.6 Å². The molecule has 1 aromatic heterocycles. The molecule has 0 radical (unpaired) electrons. The molecule has 25 heavy (non-hydrogen) atoms. The van der Waals surface area contributed by atoms with Crippen molar-refractivity contribution in [2.45, 2.75) is 0 Å². The van der Waals surface area contributed by atoms with Crippen LogP contribution < -0.4 is 4.90 Å². The third-order valence-corrected chi connectivity index (χ3v) is 4.55. The van der Waals surface area contributed by atoms with Crippen LogP contribution >= 0.6 is 0 Å². The molecule has 4 rings (SSSR count). The van der Waals surface area contributed by atoms with Gasteiger partial charge in [-0.2, -0.15) is 5.10 Å². The van der Waals surface area contributed by atoms with Gasteiger partial charge in [0.1, 0.15) is 0 Å². The standard InChI is InChI=1S/C18H16F2N4O/c19-14-4-2-6-16(17(14)20)23-7-9-24(10-8-23)18(25)12-3-1-5-15-13(12)11-21-22-15/h1-6,11H,7-10H2,(H,21,22). The number of nitrogens with one attached hydrogen (secondary N) is 1. The third-order valence-electron chi connectivity index (χ3n) is 4.55. The van der Waals surface area contributed by atoms with Gasteiger partial charge in [-0.1, -0.05) is 12.1 Å². The minimum absolute atomic E-state index is 0.0774. The van der Waals surface area contributed by atoms with E-state index in [-0.39, 0.29) is 11.6 Å². The molecule has 7 heteroatoms. The number of aromatic amines is 1. The maximum Gasteiger partial charge on any atom is 0.254 e. The fourth-order valence-corrected chi connectivity index (χ4v) is 3.21. The molecule has 0 saturated carbocycles. The SMILES string of the molecule is O=C(c1cccc2[nH]ncc12)N1CCN(c2cccc(F)c2F)CC1. The number of H-pyrrole nitrogens is 1. The highest BCUT2D eigenvalue weighted by Crippen LogP contribution is 2.24. The van der Waals surface area contributed by atoms with Gasteiger partial charge in [0.2, 0.25) is 0 Å². The molecule has 1 saturated heterocycles. The lowest BCUT2D eigenvalue weighted by molar-refractivity contribution is 0.0748. The van der Waals surface area contributed by atoms with Crippen LogP contribution in [0, 0.1) is 11.6 Å². The van der Waals surface area contributed by atoms with E-state index in [0.29, 0.717) is 31.7 Å². The molecular formula is C18H16F2N4O. The number of hydrogen-bond donors (Lipinski definition) is 1. The summed E-state index contributed by atoms with van der Waals surface area (Å²) in [5.74, 6) is -1.78. The van der Waals surface area contributed by atoms with E-state index in [4.69, 9.17) is 0 Å². The van der Waals surface area contributed by atoms with Gasteiger partial charge in [0.05, 0.1) is 23.0 Å². The number of nitrogens with zero attached hydrogens (tertiary/aromatic N) is 3. The molecule has 1 aliphatic rings. The molecule has 1 amide bonds. The van der Waals surface area contributed by atoms with Crippen molar-refractivity contribution in [3.8, 4) is 0 Å². The molecule has 0 bridgehead atoms. The van der Waals surface area contributed by atoms with Crippen molar-refractivity contribution in [3.63, 3.8) is 0 Å². The molecule has 0 spiro atoms. The van der Waals surface area contributed by atoms with E-state index < -0.39 is 11.6 Å². The lowest BCUT2D eigenvalue weighted by Crippen LogP contribution is -2.49. The van der Waals surface area contributed by atoms with Crippen LogP contribution in [0.2, 0.25) is 0 Å². The Balaban J connectivity index is 1.51. The van der Waals surface area contributed by atoms with Crippen molar-refractivity contribution in [2.24, 2.45) is 0 Å². The van der Waals surface area contributed by atoms with Crippen molar-refractivity contribution >= 4 is 22.5 Å². The largest absolute Gasteiger partial charge is 0.366 e. The fraction of sp³-hybridized carbons (Fsp3) is 0.222. The molecular weight excluding hydrogens is 326 g/mol. The molecule has 1 fully saturated rings.